The van der Waals surface area contributed by atoms with E-state index in [1.807, 2.05) is 32.9 Å². The molecule has 0 aliphatic heterocycles. The second-order valence-corrected chi connectivity index (χ2v) is 11.1. The van der Waals surface area contributed by atoms with Gasteiger partial charge in [0.15, 0.2) is 7.14 Å². The summed E-state index contributed by atoms with van der Waals surface area (Å²) in [6, 6.07) is 4.07. The Kier molecular flexibility index (Phi) is 8.61. The van der Waals surface area contributed by atoms with Gasteiger partial charge in [0.1, 0.15) is 0 Å². The summed E-state index contributed by atoms with van der Waals surface area (Å²) in [5, 5.41) is 0. The van der Waals surface area contributed by atoms with Gasteiger partial charge in [0.2, 0.25) is 5.52 Å². The van der Waals surface area contributed by atoms with Gasteiger partial charge in [-0.25, -0.2) is 0 Å². The number of rotatable bonds is 10. The van der Waals surface area contributed by atoms with Gasteiger partial charge in [-0.05, 0) is 43.7 Å². The molecular weight excluding hydrogens is 327 g/mol. The fraction of sp³-hybridized carbons (Fsp3) is 0.682. The van der Waals surface area contributed by atoms with E-state index in [2.05, 4.69) is 27.7 Å². The van der Waals surface area contributed by atoms with Crippen LogP contribution >= 0.6 is 7.14 Å². The number of benzene rings is 1. The second-order valence-electron chi connectivity index (χ2n) is 8.14. The summed E-state index contributed by atoms with van der Waals surface area (Å²) in [4.78, 5) is 13.4. The molecule has 0 amide bonds. The van der Waals surface area contributed by atoms with E-state index in [-0.39, 0.29) is 11.4 Å². The molecule has 0 aromatic heterocycles. The zero-order valence-corrected chi connectivity index (χ0v) is 18.2. The highest BCUT2D eigenvalue weighted by Gasteiger charge is 2.36. The smallest absolute Gasteiger partial charge is 0.221 e. The lowest BCUT2D eigenvalue weighted by Crippen LogP contribution is -2.18. The Morgan fingerprint density at radius 3 is 2.04 bits per heavy atom. The fourth-order valence-electron chi connectivity index (χ4n) is 3.89. The molecule has 2 atom stereocenters. The maximum absolute atomic E-state index is 13.9. The maximum atomic E-state index is 13.9. The first-order chi connectivity index (χ1) is 11.6. The van der Waals surface area contributed by atoms with Crippen molar-refractivity contribution in [1.29, 1.82) is 0 Å². The van der Waals surface area contributed by atoms with E-state index in [0.717, 1.165) is 42.4 Å². The summed E-state index contributed by atoms with van der Waals surface area (Å²) in [7, 11) is -2.91. The standard InChI is InChI=1S/C22H37O2P/c1-8-10-11-20(9-2)15-25(24,14-16(3)4)22(23)21-18(6)12-17(5)13-19(21)7/h12-13,16,20H,8-11,14-15H2,1-7H3. The fourth-order valence-corrected chi connectivity index (χ4v) is 7.58. The van der Waals surface area contributed by atoms with Gasteiger partial charge in [-0.1, -0.05) is 71.1 Å². The van der Waals surface area contributed by atoms with Crippen LogP contribution in [-0.4, -0.2) is 17.8 Å². The van der Waals surface area contributed by atoms with E-state index in [1.54, 1.807) is 0 Å². The monoisotopic (exact) mass is 364 g/mol. The molecule has 0 heterocycles. The molecule has 1 aromatic carbocycles. The maximum Gasteiger partial charge on any atom is 0.221 e. The number of hydrogen-bond donors (Lipinski definition) is 0. The Labute approximate surface area is 155 Å². The van der Waals surface area contributed by atoms with Gasteiger partial charge in [-0.2, -0.15) is 0 Å². The van der Waals surface area contributed by atoms with Gasteiger partial charge >= 0.3 is 0 Å². The van der Waals surface area contributed by atoms with E-state index in [9.17, 15) is 9.36 Å². The van der Waals surface area contributed by atoms with Crippen LogP contribution in [0, 0.1) is 32.6 Å². The quantitative estimate of drug-likeness (QED) is 0.419. The SMILES string of the molecule is CCCCC(CC)CP(=O)(CC(C)C)C(=O)c1c(C)cc(C)cc1C. The molecule has 0 fully saturated rings. The molecule has 1 rings (SSSR count). The third-order valence-electron chi connectivity index (χ3n) is 5.02. The molecule has 0 N–H and O–H groups in total. The molecule has 25 heavy (non-hydrogen) atoms. The first-order valence-electron chi connectivity index (χ1n) is 9.85. The largest absolute Gasteiger partial charge is 0.315 e. The van der Waals surface area contributed by atoms with Crippen molar-refractivity contribution in [3.63, 3.8) is 0 Å². The molecule has 0 bridgehead atoms. The zero-order chi connectivity index (χ0) is 19.2. The highest BCUT2D eigenvalue weighted by Crippen LogP contribution is 2.53. The lowest BCUT2D eigenvalue weighted by atomic mass is 10.0. The molecule has 3 heteroatoms. The predicted molar refractivity (Wildman–Crippen MR) is 110 cm³/mol. The lowest BCUT2D eigenvalue weighted by molar-refractivity contribution is 0.107. The molecule has 0 saturated heterocycles. The van der Waals surface area contributed by atoms with Crippen LogP contribution in [0.4, 0.5) is 0 Å². The minimum Gasteiger partial charge on any atom is -0.315 e. The summed E-state index contributed by atoms with van der Waals surface area (Å²) < 4.78 is 13.9. The number of unbranched alkanes of at least 4 members (excludes halogenated alkanes) is 1. The predicted octanol–water partition coefficient (Wildman–Crippen LogP) is 6.99. The molecule has 2 unspecified atom stereocenters. The van der Waals surface area contributed by atoms with Crippen molar-refractivity contribution in [1.82, 2.24) is 0 Å². The van der Waals surface area contributed by atoms with Crippen molar-refractivity contribution < 1.29 is 9.36 Å². The van der Waals surface area contributed by atoms with Crippen molar-refractivity contribution in [3.8, 4) is 0 Å². The Bertz CT molecular complexity index is 608. The van der Waals surface area contributed by atoms with Crippen molar-refractivity contribution in [2.75, 3.05) is 12.3 Å². The second kappa shape index (κ2) is 9.72. The van der Waals surface area contributed by atoms with Gasteiger partial charge in [0.25, 0.3) is 0 Å². The molecule has 0 aliphatic carbocycles. The first-order valence-corrected chi connectivity index (χ1v) is 11.9. The molecule has 0 radical (unpaired) electrons. The van der Waals surface area contributed by atoms with Crippen molar-refractivity contribution in [2.24, 2.45) is 11.8 Å². The van der Waals surface area contributed by atoms with Crippen LogP contribution in [-0.2, 0) is 4.57 Å². The normalized spacial score (nSPS) is 15.2. The summed E-state index contributed by atoms with van der Waals surface area (Å²) in [5.74, 6) is 0.657. The van der Waals surface area contributed by atoms with Crippen LogP contribution in [0.3, 0.4) is 0 Å². The average Bonchev–Trinajstić information content (AvgIpc) is 2.49. The van der Waals surface area contributed by atoms with E-state index in [4.69, 9.17) is 0 Å². The van der Waals surface area contributed by atoms with Crippen LogP contribution in [0.2, 0.25) is 0 Å². The minimum atomic E-state index is -2.91. The Balaban J connectivity index is 3.25. The average molecular weight is 365 g/mol. The summed E-state index contributed by atoms with van der Waals surface area (Å²) in [6.45, 7) is 14.5. The van der Waals surface area contributed by atoms with Crippen molar-refractivity contribution >= 4 is 12.7 Å². The minimum absolute atomic E-state index is 0.0776. The van der Waals surface area contributed by atoms with E-state index in [1.165, 1.54) is 0 Å². The highest BCUT2D eigenvalue weighted by molar-refractivity contribution is 7.81. The van der Waals surface area contributed by atoms with Crippen LogP contribution in [0.25, 0.3) is 0 Å². The van der Waals surface area contributed by atoms with Gasteiger partial charge < -0.3 is 4.57 Å². The van der Waals surface area contributed by atoms with Gasteiger partial charge in [-0.15, -0.1) is 0 Å². The van der Waals surface area contributed by atoms with Crippen LogP contribution in [0.5, 0.6) is 0 Å². The van der Waals surface area contributed by atoms with Crippen LogP contribution < -0.4 is 0 Å². The van der Waals surface area contributed by atoms with E-state index < -0.39 is 7.14 Å². The van der Waals surface area contributed by atoms with E-state index in [0.29, 0.717) is 23.8 Å². The number of hydrogen-bond acceptors (Lipinski definition) is 2. The molecule has 2 nitrogen and oxygen atoms in total. The molecular formula is C22H37O2P. The number of carbonyl (C=O) groups excluding carboxylic acids is 1. The van der Waals surface area contributed by atoms with E-state index >= 15 is 0 Å². The Morgan fingerprint density at radius 2 is 1.60 bits per heavy atom. The zero-order valence-electron chi connectivity index (χ0n) is 17.3. The number of aryl methyl sites for hydroxylation is 3. The third kappa shape index (κ3) is 6.10. The topological polar surface area (TPSA) is 34.1 Å². The van der Waals surface area contributed by atoms with Gasteiger partial charge in [0, 0.05) is 17.9 Å². The molecule has 0 spiro atoms. The Hall–Kier alpha value is -0.880. The van der Waals surface area contributed by atoms with Gasteiger partial charge in [-0.3, -0.25) is 4.79 Å². The molecule has 0 saturated carbocycles. The third-order valence-corrected chi connectivity index (χ3v) is 8.41. The summed E-state index contributed by atoms with van der Waals surface area (Å²) >= 11 is 0. The van der Waals surface area contributed by atoms with Crippen molar-refractivity contribution in [2.45, 2.75) is 74.1 Å². The molecule has 0 aliphatic rings. The number of carbonyl (C=O) groups is 1. The van der Waals surface area contributed by atoms with Crippen molar-refractivity contribution in [3.05, 3.63) is 34.4 Å². The summed E-state index contributed by atoms with van der Waals surface area (Å²) in [6.07, 6.45) is 5.48. The lowest BCUT2D eigenvalue weighted by Gasteiger charge is -2.25. The van der Waals surface area contributed by atoms with Crippen LogP contribution in [0.15, 0.2) is 12.1 Å². The highest BCUT2D eigenvalue weighted by atomic mass is 31.2. The van der Waals surface area contributed by atoms with Gasteiger partial charge in [0.05, 0.1) is 0 Å². The Morgan fingerprint density at radius 1 is 1.04 bits per heavy atom. The first kappa shape index (κ1) is 22.2. The molecule has 142 valence electrons. The van der Waals surface area contributed by atoms with Crippen LogP contribution in [0.1, 0.15) is 80.4 Å². The summed E-state index contributed by atoms with van der Waals surface area (Å²) in [5.41, 5.74) is 3.71. The molecule has 1 aromatic rings.